The summed E-state index contributed by atoms with van der Waals surface area (Å²) in [5, 5.41) is 0. The van der Waals surface area contributed by atoms with E-state index in [0.717, 1.165) is 23.7 Å². The van der Waals surface area contributed by atoms with Gasteiger partial charge in [-0.05, 0) is 41.9 Å². The Morgan fingerprint density at radius 1 is 1.07 bits per heavy atom. The van der Waals surface area contributed by atoms with Crippen LogP contribution in [-0.2, 0) is 0 Å². The van der Waals surface area contributed by atoms with Crippen LogP contribution in [0.5, 0.6) is 0 Å². The lowest BCUT2D eigenvalue weighted by atomic mass is 9.72. The van der Waals surface area contributed by atoms with Crippen molar-refractivity contribution in [3.8, 4) is 0 Å². The summed E-state index contributed by atoms with van der Waals surface area (Å²) in [6.45, 7) is 14.5. The highest BCUT2D eigenvalue weighted by Crippen LogP contribution is 2.55. The topological polar surface area (TPSA) is 0 Å². The fourth-order valence-corrected chi connectivity index (χ4v) is 3.79. The number of hydrogen-bond donors (Lipinski definition) is 0. The molecule has 0 heterocycles. The predicted octanol–water partition coefficient (Wildman–Crippen LogP) is 5.13. The number of rotatable bonds is 4. The normalized spacial score (nSPS) is 36.8. The van der Waals surface area contributed by atoms with Gasteiger partial charge in [0.1, 0.15) is 0 Å². The van der Waals surface area contributed by atoms with Gasteiger partial charge in [0, 0.05) is 0 Å². The van der Waals surface area contributed by atoms with Crippen molar-refractivity contribution < 1.29 is 0 Å². The van der Waals surface area contributed by atoms with Crippen LogP contribution in [0, 0.1) is 29.1 Å². The second-order valence-electron chi connectivity index (χ2n) is 6.36. The van der Waals surface area contributed by atoms with Crippen molar-refractivity contribution in [2.75, 3.05) is 0 Å². The highest BCUT2D eigenvalue weighted by atomic mass is 14.5. The second-order valence-corrected chi connectivity index (χ2v) is 6.36. The Morgan fingerprint density at radius 3 is 1.93 bits per heavy atom. The molecular weight excluding hydrogens is 180 g/mol. The molecule has 0 aromatic rings. The van der Waals surface area contributed by atoms with Gasteiger partial charge >= 0.3 is 0 Å². The van der Waals surface area contributed by atoms with Crippen LogP contribution in [-0.4, -0.2) is 0 Å². The van der Waals surface area contributed by atoms with Gasteiger partial charge in [-0.15, -0.1) is 0 Å². The van der Waals surface area contributed by atoms with E-state index >= 15 is 0 Å². The quantitative estimate of drug-likeness (QED) is 0.603. The van der Waals surface area contributed by atoms with E-state index in [4.69, 9.17) is 0 Å². The predicted molar refractivity (Wildman–Crippen MR) is 68.9 cm³/mol. The molecule has 0 N–H and O–H groups in total. The van der Waals surface area contributed by atoms with E-state index in [-0.39, 0.29) is 0 Å². The van der Waals surface area contributed by atoms with E-state index in [1.54, 1.807) is 0 Å². The van der Waals surface area contributed by atoms with Crippen molar-refractivity contribution in [1.82, 2.24) is 0 Å². The van der Waals surface area contributed by atoms with E-state index < -0.39 is 0 Å². The molecular formula is C15H30. The molecule has 1 aliphatic carbocycles. The summed E-state index contributed by atoms with van der Waals surface area (Å²) < 4.78 is 0. The summed E-state index contributed by atoms with van der Waals surface area (Å²) in [5.41, 5.74) is 0.662. The maximum atomic E-state index is 2.43. The fourth-order valence-electron chi connectivity index (χ4n) is 3.79. The number of hydrogen-bond acceptors (Lipinski definition) is 0. The highest BCUT2D eigenvalue weighted by Gasteiger charge is 2.45. The summed E-state index contributed by atoms with van der Waals surface area (Å²) >= 11 is 0. The molecule has 1 aliphatic rings. The Kier molecular flexibility index (Phi) is 4.26. The van der Waals surface area contributed by atoms with Crippen LogP contribution in [0.15, 0.2) is 0 Å². The van der Waals surface area contributed by atoms with Gasteiger partial charge in [-0.3, -0.25) is 0 Å². The summed E-state index contributed by atoms with van der Waals surface area (Å²) in [6.07, 6.45) is 5.74. The molecule has 3 unspecified atom stereocenters. The first-order valence-electron chi connectivity index (χ1n) is 6.96. The highest BCUT2D eigenvalue weighted by molar-refractivity contribution is 4.95. The zero-order valence-electron chi connectivity index (χ0n) is 11.6. The fraction of sp³-hybridized carbons (Fsp3) is 1.00. The van der Waals surface area contributed by atoms with Crippen LogP contribution in [0.1, 0.15) is 67.2 Å². The largest absolute Gasteiger partial charge is 0.0651 e. The van der Waals surface area contributed by atoms with Crippen molar-refractivity contribution in [2.24, 2.45) is 29.1 Å². The monoisotopic (exact) mass is 210 g/mol. The molecule has 90 valence electrons. The zero-order chi connectivity index (χ0) is 11.6. The molecule has 0 spiro atoms. The average Bonchev–Trinajstić information content (AvgIpc) is 2.58. The maximum absolute atomic E-state index is 2.43. The van der Waals surface area contributed by atoms with Crippen molar-refractivity contribution in [1.29, 1.82) is 0 Å². The third kappa shape index (κ3) is 2.40. The van der Waals surface area contributed by atoms with Gasteiger partial charge < -0.3 is 0 Å². The van der Waals surface area contributed by atoms with Gasteiger partial charge in [0.05, 0.1) is 0 Å². The smallest absolute Gasteiger partial charge is 0.0271 e. The summed E-state index contributed by atoms with van der Waals surface area (Å²) in [7, 11) is 0. The van der Waals surface area contributed by atoms with Gasteiger partial charge in [-0.2, -0.15) is 0 Å². The summed E-state index contributed by atoms with van der Waals surface area (Å²) in [6, 6.07) is 0. The van der Waals surface area contributed by atoms with E-state index in [0.29, 0.717) is 5.41 Å². The Hall–Kier alpha value is 0. The minimum atomic E-state index is 0.662. The van der Waals surface area contributed by atoms with Crippen molar-refractivity contribution in [3.05, 3.63) is 0 Å². The van der Waals surface area contributed by atoms with Crippen molar-refractivity contribution in [2.45, 2.75) is 67.2 Å². The summed E-state index contributed by atoms with van der Waals surface area (Å²) in [5.74, 6) is 3.71. The van der Waals surface area contributed by atoms with E-state index in [2.05, 4.69) is 41.5 Å². The maximum Gasteiger partial charge on any atom is -0.0271 e. The van der Waals surface area contributed by atoms with E-state index in [1.807, 2.05) is 0 Å². The lowest BCUT2D eigenvalue weighted by Gasteiger charge is -2.33. The Bertz CT molecular complexity index is 192. The molecule has 0 amide bonds. The molecule has 0 nitrogen and oxygen atoms in total. The third-order valence-electron chi connectivity index (χ3n) is 5.23. The van der Waals surface area contributed by atoms with Crippen LogP contribution in [0.2, 0.25) is 0 Å². The van der Waals surface area contributed by atoms with Crippen molar-refractivity contribution >= 4 is 0 Å². The average molecular weight is 210 g/mol. The summed E-state index contributed by atoms with van der Waals surface area (Å²) in [4.78, 5) is 0. The molecule has 0 aromatic heterocycles. The molecule has 0 saturated heterocycles. The molecule has 1 fully saturated rings. The molecule has 3 atom stereocenters. The first kappa shape index (κ1) is 13.1. The van der Waals surface area contributed by atoms with Crippen molar-refractivity contribution in [3.63, 3.8) is 0 Å². The molecule has 0 aromatic carbocycles. The van der Waals surface area contributed by atoms with Crippen LogP contribution < -0.4 is 0 Å². The van der Waals surface area contributed by atoms with Gasteiger partial charge in [-0.1, -0.05) is 54.4 Å². The molecule has 0 heteroatoms. The lowest BCUT2D eigenvalue weighted by Crippen LogP contribution is -2.23. The second kappa shape index (κ2) is 4.89. The van der Waals surface area contributed by atoms with Crippen LogP contribution in [0.3, 0.4) is 0 Å². The Morgan fingerprint density at radius 2 is 1.67 bits per heavy atom. The minimum Gasteiger partial charge on any atom is -0.0651 e. The molecule has 0 aliphatic heterocycles. The van der Waals surface area contributed by atoms with Gasteiger partial charge in [0.15, 0.2) is 0 Å². The zero-order valence-corrected chi connectivity index (χ0v) is 11.6. The van der Waals surface area contributed by atoms with Crippen LogP contribution in [0.25, 0.3) is 0 Å². The Balaban J connectivity index is 2.82. The Labute approximate surface area is 96.8 Å². The van der Waals surface area contributed by atoms with Gasteiger partial charge in [0.25, 0.3) is 0 Å². The van der Waals surface area contributed by atoms with E-state index in [9.17, 15) is 0 Å². The molecule has 1 saturated carbocycles. The molecule has 15 heavy (non-hydrogen) atoms. The standard InChI is InChI=1S/C15H30/c1-7-13-9-15(8-2,12(5)6)10-14(13)11(3)4/h11-14H,7-10H2,1-6H3. The third-order valence-corrected chi connectivity index (χ3v) is 5.23. The first-order chi connectivity index (χ1) is 6.96. The molecule has 0 bridgehead atoms. The first-order valence-corrected chi connectivity index (χ1v) is 6.96. The molecule has 0 radical (unpaired) electrons. The van der Waals surface area contributed by atoms with Crippen LogP contribution in [0.4, 0.5) is 0 Å². The van der Waals surface area contributed by atoms with E-state index in [1.165, 1.54) is 25.7 Å². The lowest BCUT2D eigenvalue weighted by molar-refractivity contribution is 0.171. The van der Waals surface area contributed by atoms with Gasteiger partial charge in [-0.25, -0.2) is 0 Å². The minimum absolute atomic E-state index is 0.662. The van der Waals surface area contributed by atoms with Gasteiger partial charge in [0.2, 0.25) is 0 Å². The molecule has 1 rings (SSSR count). The van der Waals surface area contributed by atoms with Crippen LogP contribution >= 0.6 is 0 Å². The SMILES string of the molecule is CCC1CC(CC)(C(C)C)CC1C(C)C.